The lowest BCUT2D eigenvalue weighted by Gasteiger charge is -2.04. The van der Waals surface area contributed by atoms with Gasteiger partial charge in [0.2, 0.25) is 0 Å². The zero-order valence-electron chi connectivity index (χ0n) is 10.8. The Balaban J connectivity index is 1.75. The molecule has 0 unspecified atom stereocenters. The van der Waals surface area contributed by atoms with Gasteiger partial charge in [0.25, 0.3) is 0 Å². The first-order chi connectivity index (χ1) is 8.78. The van der Waals surface area contributed by atoms with Crippen molar-refractivity contribution in [3.63, 3.8) is 0 Å². The summed E-state index contributed by atoms with van der Waals surface area (Å²) in [5, 5.41) is 0. The molecule has 0 aromatic carbocycles. The SMILES string of the molecule is CCCC(=O)Cc1cc2c(cn1)C(C1CC1)=NC2. The van der Waals surface area contributed by atoms with Crippen molar-refractivity contribution < 1.29 is 4.79 Å². The predicted molar refractivity (Wildman–Crippen MR) is 70.8 cm³/mol. The number of hydrogen-bond acceptors (Lipinski definition) is 3. The van der Waals surface area contributed by atoms with E-state index < -0.39 is 0 Å². The molecule has 1 saturated carbocycles. The van der Waals surface area contributed by atoms with Crippen molar-refractivity contribution in [1.82, 2.24) is 4.98 Å². The molecule has 1 aliphatic heterocycles. The highest BCUT2D eigenvalue weighted by Gasteiger charge is 2.32. The minimum absolute atomic E-state index is 0.284. The molecule has 0 atom stereocenters. The van der Waals surface area contributed by atoms with Gasteiger partial charge in [0.05, 0.1) is 6.54 Å². The first-order valence-electron chi connectivity index (χ1n) is 6.82. The van der Waals surface area contributed by atoms with Crippen LogP contribution in [0.1, 0.15) is 49.4 Å². The second-order valence-corrected chi connectivity index (χ2v) is 5.27. The first-order valence-corrected chi connectivity index (χ1v) is 6.82. The molecule has 0 spiro atoms. The van der Waals surface area contributed by atoms with Gasteiger partial charge in [-0.15, -0.1) is 0 Å². The van der Waals surface area contributed by atoms with Crippen LogP contribution in [0.25, 0.3) is 0 Å². The topological polar surface area (TPSA) is 42.3 Å². The van der Waals surface area contributed by atoms with E-state index in [9.17, 15) is 4.79 Å². The van der Waals surface area contributed by atoms with E-state index in [1.807, 2.05) is 13.1 Å². The minimum Gasteiger partial charge on any atom is -0.299 e. The van der Waals surface area contributed by atoms with Crippen LogP contribution >= 0.6 is 0 Å². The summed E-state index contributed by atoms with van der Waals surface area (Å²) in [6.45, 7) is 2.81. The van der Waals surface area contributed by atoms with Crippen LogP contribution in [-0.4, -0.2) is 16.5 Å². The Morgan fingerprint density at radius 1 is 1.44 bits per heavy atom. The Bertz CT molecular complexity index is 515. The summed E-state index contributed by atoms with van der Waals surface area (Å²) >= 11 is 0. The van der Waals surface area contributed by atoms with E-state index in [1.165, 1.54) is 29.7 Å². The summed E-state index contributed by atoms with van der Waals surface area (Å²) in [6, 6.07) is 2.07. The highest BCUT2D eigenvalue weighted by Crippen LogP contribution is 2.36. The Kier molecular flexibility index (Phi) is 2.98. The van der Waals surface area contributed by atoms with Crippen LogP contribution in [0, 0.1) is 5.92 Å². The van der Waals surface area contributed by atoms with Gasteiger partial charge in [-0.1, -0.05) is 6.92 Å². The van der Waals surface area contributed by atoms with Gasteiger partial charge in [-0.05, 0) is 30.9 Å². The van der Waals surface area contributed by atoms with Crippen molar-refractivity contribution in [2.24, 2.45) is 10.9 Å². The number of nitrogens with zero attached hydrogens (tertiary/aromatic N) is 2. The maximum atomic E-state index is 11.6. The number of rotatable bonds is 5. The number of fused-ring (bicyclic) bond motifs is 1. The normalized spacial score (nSPS) is 17.5. The van der Waals surface area contributed by atoms with Gasteiger partial charge in [-0.2, -0.15) is 0 Å². The van der Waals surface area contributed by atoms with Gasteiger partial charge in [-0.25, -0.2) is 0 Å². The van der Waals surface area contributed by atoms with E-state index in [-0.39, 0.29) is 5.78 Å². The van der Waals surface area contributed by atoms with Crippen LogP contribution in [0.15, 0.2) is 17.3 Å². The fourth-order valence-corrected chi connectivity index (χ4v) is 2.54. The lowest BCUT2D eigenvalue weighted by molar-refractivity contribution is -0.118. The van der Waals surface area contributed by atoms with E-state index >= 15 is 0 Å². The maximum Gasteiger partial charge on any atom is 0.138 e. The van der Waals surface area contributed by atoms with Crippen LogP contribution in [0.3, 0.4) is 0 Å². The summed E-state index contributed by atoms with van der Waals surface area (Å²) in [5.74, 6) is 0.965. The van der Waals surface area contributed by atoms with Gasteiger partial charge < -0.3 is 0 Å². The fraction of sp³-hybridized carbons (Fsp3) is 0.533. The molecule has 2 aliphatic rings. The molecular formula is C15H18N2O. The second kappa shape index (κ2) is 4.63. The molecular weight excluding hydrogens is 224 g/mol. The molecule has 0 amide bonds. The summed E-state index contributed by atoms with van der Waals surface area (Å²) in [5.41, 5.74) is 4.64. The third kappa shape index (κ3) is 2.22. The first kappa shape index (κ1) is 11.6. The Hall–Kier alpha value is -1.51. The third-order valence-electron chi connectivity index (χ3n) is 3.61. The predicted octanol–water partition coefficient (Wildman–Crippen LogP) is 2.71. The Labute approximate surface area is 107 Å². The van der Waals surface area contributed by atoms with E-state index in [2.05, 4.69) is 16.0 Å². The molecule has 94 valence electrons. The summed E-state index contributed by atoms with van der Waals surface area (Å²) < 4.78 is 0. The number of carbonyl (C=O) groups excluding carboxylic acids is 1. The molecule has 3 rings (SSSR count). The van der Waals surface area contributed by atoms with E-state index in [0.717, 1.165) is 18.7 Å². The molecule has 0 bridgehead atoms. The number of ketones is 1. The lowest BCUT2D eigenvalue weighted by atomic mass is 10.0. The van der Waals surface area contributed by atoms with Crippen molar-refractivity contribution >= 4 is 11.5 Å². The van der Waals surface area contributed by atoms with Crippen molar-refractivity contribution in [2.45, 2.75) is 45.6 Å². The monoisotopic (exact) mass is 242 g/mol. The fourth-order valence-electron chi connectivity index (χ4n) is 2.54. The highest BCUT2D eigenvalue weighted by atomic mass is 16.1. The zero-order chi connectivity index (χ0) is 12.5. The third-order valence-corrected chi connectivity index (χ3v) is 3.61. The molecule has 0 N–H and O–H groups in total. The van der Waals surface area contributed by atoms with E-state index in [1.54, 1.807) is 0 Å². The smallest absolute Gasteiger partial charge is 0.138 e. The highest BCUT2D eigenvalue weighted by molar-refractivity contribution is 6.06. The molecule has 1 fully saturated rings. The standard InChI is InChI=1S/C15H18N2O/c1-2-3-13(18)7-12-6-11-8-17-15(10-4-5-10)14(11)9-16-12/h6,9-10H,2-5,7-8H2,1H3. The second-order valence-electron chi connectivity index (χ2n) is 5.27. The molecule has 1 aromatic rings. The van der Waals surface area contributed by atoms with Gasteiger partial charge in [0, 0.05) is 41.9 Å². The van der Waals surface area contributed by atoms with Crippen LogP contribution in [0.4, 0.5) is 0 Å². The average molecular weight is 242 g/mol. The molecule has 1 aliphatic carbocycles. The quantitative estimate of drug-likeness (QED) is 0.796. The van der Waals surface area contributed by atoms with E-state index in [0.29, 0.717) is 18.8 Å². The molecule has 0 radical (unpaired) electrons. The minimum atomic E-state index is 0.284. The molecule has 18 heavy (non-hydrogen) atoms. The number of aromatic nitrogens is 1. The number of hydrogen-bond donors (Lipinski definition) is 0. The summed E-state index contributed by atoms with van der Waals surface area (Å²) in [4.78, 5) is 20.7. The molecule has 3 heteroatoms. The van der Waals surface area contributed by atoms with Crippen LogP contribution in [0.2, 0.25) is 0 Å². The lowest BCUT2D eigenvalue weighted by Crippen LogP contribution is -2.06. The van der Waals surface area contributed by atoms with Gasteiger partial charge in [0.1, 0.15) is 5.78 Å². The molecule has 2 heterocycles. The van der Waals surface area contributed by atoms with Crippen LogP contribution in [0.5, 0.6) is 0 Å². The molecule has 1 aromatic heterocycles. The van der Waals surface area contributed by atoms with Crippen molar-refractivity contribution in [3.05, 3.63) is 29.1 Å². The average Bonchev–Trinajstić information content (AvgIpc) is 3.10. The van der Waals surface area contributed by atoms with Gasteiger partial charge in [0.15, 0.2) is 0 Å². The van der Waals surface area contributed by atoms with Gasteiger partial charge in [-0.3, -0.25) is 14.8 Å². The Morgan fingerprint density at radius 2 is 2.28 bits per heavy atom. The van der Waals surface area contributed by atoms with Gasteiger partial charge >= 0.3 is 0 Å². The van der Waals surface area contributed by atoms with Crippen molar-refractivity contribution in [1.29, 1.82) is 0 Å². The number of Topliss-reactive ketones (excluding diaryl/α,β-unsaturated/α-hetero) is 1. The summed E-state index contributed by atoms with van der Waals surface area (Å²) in [6.07, 6.45) is 6.51. The zero-order valence-corrected chi connectivity index (χ0v) is 10.8. The van der Waals surface area contributed by atoms with Crippen molar-refractivity contribution in [3.8, 4) is 0 Å². The maximum absolute atomic E-state index is 11.6. The van der Waals surface area contributed by atoms with E-state index in [4.69, 9.17) is 0 Å². The molecule has 0 saturated heterocycles. The summed E-state index contributed by atoms with van der Waals surface area (Å²) in [7, 11) is 0. The number of aliphatic imine (C=N–C) groups is 1. The number of carbonyl (C=O) groups is 1. The number of pyridine rings is 1. The van der Waals surface area contributed by atoms with Crippen molar-refractivity contribution in [2.75, 3.05) is 0 Å². The largest absolute Gasteiger partial charge is 0.299 e. The van der Waals surface area contributed by atoms with Crippen LogP contribution in [-0.2, 0) is 17.8 Å². The van der Waals surface area contributed by atoms with Crippen LogP contribution < -0.4 is 0 Å². The molecule has 3 nitrogen and oxygen atoms in total. The Morgan fingerprint density at radius 3 is 3.00 bits per heavy atom.